The lowest BCUT2D eigenvalue weighted by atomic mass is 10.1. The van der Waals surface area contributed by atoms with E-state index in [9.17, 15) is 14.4 Å². The third-order valence-corrected chi connectivity index (χ3v) is 4.76. The second kappa shape index (κ2) is 11.2. The van der Waals surface area contributed by atoms with Crippen LogP contribution in [0, 0.1) is 5.92 Å². The summed E-state index contributed by atoms with van der Waals surface area (Å²) in [6.45, 7) is 2.84. The molecule has 2 rings (SSSR count). The standard InChI is InChI=1S/C21H29N3O5/c1-4-5-6-7-11-22-14-16-19(25)23-21(27)24(20(16)26)12-10-15-8-9-17(28-2)18(13-15)29-3/h8-9,13-14,16H,4-7,10-12H2,1-3H3,(H,23,25,27). The van der Waals surface area contributed by atoms with E-state index in [-0.39, 0.29) is 6.54 Å². The van der Waals surface area contributed by atoms with Crippen molar-refractivity contribution in [3.8, 4) is 11.5 Å². The molecule has 1 N–H and O–H groups in total. The van der Waals surface area contributed by atoms with Crippen LogP contribution < -0.4 is 14.8 Å². The maximum atomic E-state index is 12.7. The lowest BCUT2D eigenvalue weighted by Crippen LogP contribution is -2.58. The highest BCUT2D eigenvalue weighted by Gasteiger charge is 2.39. The second-order valence-electron chi connectivity index (χ2n) is 6.82. The number of nitrogens with one attached hydrogen (secondary N) is 1. The molecule has 4 amide bonds. The summed E-state index contributed by atoms with van der Waals surface area (Å²) in [5, 5.41) is 2.24. The van der Waals surface area contributed by atoms with Crippen LogP contribution in [0.1, 0.15) is 38.2 Å². The zero-order valence-corrected chi connectivity index (χ0v) is 17.3. The van der Waals surface area contributed by atoms with Crippen LogP contribution in [0.25, 0.3) is 0 Å². The molecular formula is C21H29N3O5. The van der Waals surface area contributed by atoms with Crippen molar-refractivity contribution in [3.63, 3.8) is 0 Å². The fourth-order valence-electron chi connectivity index (χ4n) is 3.06. The SMILES string of the molecule is CCCCCCN=CC1C(=O)NC(=O)N(CCc2ccc(OC)c(OC)c2)C1=O. The monoisotopic (exact) mass is 403 g/mol. The van der Waals surface area contributed by atoms with Crippen molar-refractivity contribution in [2.75, 3.05) is 27.3 Å². The number of carbonyl (C=O) groups excluding carboxylic acids is 3. The number of ether oxygens (including phenoxy) is 2. The van der Waals surface area contributed by atoms with Crippen molar-refractivity contribution in [2.45, 2.75) is 39.0 Å². The van der Waals surface area contributed by atoms with Crippen LogP contribution in [0.15, 0.2) is 23.2 Å². The quantitative estimate of drug-likeness (QED) is 0.348. The van der Waals surface area contributed by atoms with E-state index in [0.29, 0.717) is 24.5 Å². The molecule has 1 heterocycles. The number of carbonyl (C=O) groups is 3. The molecule has 1 fully saturated rings. The van der Waals surface area contributed by atoms with Gasteiger partial charge in [0, 0.05) is 19.3 Å². The van der Waals surface area contributed by atoms with Gasteiger partial charge in [-0.15, -0.1) is 0 Å². The lowest BCUT2D eigenvalue weighted by Gasteiger charge is -2.28. The lowest BCUT2D eigenvalue weighted by molar-refractivity contribution is -0.139. The van der Waals surface area contributed by atoms with Gasteiger partial charge in [-0.1, -0.05) is 32.3 Å². The van der Waals surface area contributed by atoms with E-state index in [1.165, 1.54) is 6.21 Å². The van der Waals surface area contributed by atoms with Gasteiger partial charge in [-0.2, -0.15) is 0 Å². The van der Waals surface area contributed by atoms with Crippen molar-refractivity contribution in [3.05, 3.63) is 23.8 Å². The largest absolute Gasteiger partial charge is 0.493 e. The summed E-state index contributed by atoms with van der Waals surface area (Å²) in [6, 6.07) is 4.71. The van der Waals surface area contributed by atoms with Gasteiger partial charge in [-0.3, -0.25) is 24.8 Å². The number of barbiturate groups is 1. The molecule has 0 saturated carbocycles. The molecule has 1 aliphatic heterocycles. The summed E-state index contributed by atoms with van der Waals surface area (Å²) in [7, 11) is 3.10. The number of urea groups is 1. The topological polar surface area (TPSA) is 97.3 Å². The number of hydrogen-bond acceptors (Lipinski definition) is 6. The molecule has 29 heavy (non-hydrogen) atoms. The highest BCUT2D eigenvalue weighted by Crippen LogP contribution is 2.27. The molecular weight excluding hydrogens is 374 g/mol. The zero-order valence-electron chi connectivity index (χ0n) is 17.3. The van der Waals surface area contributed by atoms with Crippen LogP contribution in [0.3, 0.4) is 0 Å². The molecule has 1 aromatic rings. The smallest absolute Gasteiger partial charge is 0.330 e. The van der Waals surface area contributed by atoms with Gasteiger partial charge in [-0.25, -0.2) is 4.79 Å². The van der Waals surface area contributed by atoms with E-state index in [2.05, 4.69) is 17.2 Å². The Bertz CT molecular complexity index is 763. The molecule has 0 radical (unpaired) electrons. The number of benzene rings is 1. The molecule has 0 spiro atoms. The number of nitrogens with zero attached hydrogens (tertiary/aromatic N) is 2. The summed E-state index contributed by atoms with van der Waals surface area (Å²) < 4.78 is 10.5. The zero-order chi connectivity index (χ0) is 21.2. The Kier molecular flexibility index (Phi) is 8.64. The third kappa shape index (κ3) is 6.04. The number of imide groups is 2. The van der Waals surface area contributed by atoms with Gasteiger partial charge < -0.3 is 9.47 Å². The molecule has 158 valence electrons. The van der Waals surface area contributed by atoms with Gasteiger partial charge in [-0.05, 0) is 30.5 Å². The first-order valence-corrected chi connectivity index (χ1v) is 9.88. The van der Waals surface area contributed by atoms with Crippen LogP contribution in [0.4, 0.5) is 4.79 Å². The minimum absolute atomic E-state index is 0.147. The van der Waals surface area contributed by atoms with E-state index in [0.717, 1.165) is 36.1 Å². The van der Waals surface area contributed by atoms with E-state index < -0.39 is 23.8 Å². The van der Waals surface area contributed by atoms with E-state index >= 15 is 0 Å². The second-order valence-corrected chi connectivity index (χ2v) is 6.82. The Morgan fingerprint density at radius 1 is 1.10 bits per heavy atom. The maximum Gasteiger partial charge on any atom is 0.330 e. The van der Waals surface area contributed by atoms with Crippen LogP contribution in [0.5, 0.6) is 11.5 Å². The number of unbranched alkanes of at least 4 members (excludes halogenated alkanes) is 3. The predicted molar refractivity (Wildman–Crippen MR) is 109 cm³/mol. The highest BCUT2D eigenvalue weighted by atomic mass is 16.5. The van der Waals surface area contributed by atoms with Crippen LogP contribution in [0.2, 0.25) is 0 Å². The Morgan fingerprint density at radius 2 is 1.86 bits per heavy atom. The van der Waals surface area contributed by atoms with Crippen molar-refractivity contribution in [2.24, 2.45) is 10.9 Å². The van der Waals surface area contributed by atoms with Crippen molar-refractivity contribution >= 4 is 24.1 Å². The fraction of sp³-hybridized carbons (Fsp3) is 0.524. The molecule has 1 aromatic carbocycles. The number of methoxy groups -OCH3 is 2. The summed E-state index contributed by atoms with van der Waals surface area (Å²) in [6.07, 6.45) is 6.03. The van der Waals surface area contributed by atoms with Gasteiger partial charge in [0.15, 0.2) is 17.4 Å². The molecule has 1 saturated heterocycles. The van der Waals surface area contributed by atoms with Gasteiger partial charge in [0.25, 0.3) is 0 Å². The first-order valence-electron chi connectivity index (χ1n) is 9.88. The summed E-state index contributed by atoms with van der Waals surface area (Å²) in [4.78, 5) is 42.1. The molecule has 0 bridgehead atoms. The first kappa shape index (κ1) is 22.4. The van der Waals surface area contributed by atoms with Gasteiger partial charge in [0.05, 0.1) is 14.2 Å². The van der Waals surface area contributed by atoms with Crippen molar-refractivity contribution in [1.82, 2.24) is 10.2 Å². The molecule has 8 nitrogen and oxygen atoms in total. The average Bonchev–Trinajstić information content (AvgIpc) is 2.72. The predicted octanol–water partition coefficient (Wildman–Crippen LogP) is 2.59. The minimum Gasteiger partial charge on any atom is -0.493 e. The highest BCUT2D eigenvalue weighted by molar-refractivity contribution is 6.23. The van der Waals surface area contributed by atoms with Crippen molar-refractivity contribution < 1.29 is 23.9 Å². The van der Waals surface area contributed by atoms with E-state index in [4.69, 9.17) is 9.47 Å². The summed E-state index contributed by atoms with van der Waals surface area (Å²) >= 11 is 0. The van der Waals surface area contributed by atoms with Crippen LogP contribution in [-0.2, 0) is 16.0 Å². The molecule has 1 aliphatic rings. The summed E-state index contributed by atoms with van der Waals surface area (Å²) in [5.41, 5.74) is 0.876. The van der Waals surface area contributed by atoms with Gasteiger partial charge >= 0.3 is 6.03 Å². The number of rotatable bonds is 11. The fourth-order valence-corrected chi connectivity index (χ4v) is 3.06. The van der Waals surface area contributed by atoms with E-state index in [1.807, 2.05) is 6.07 Å². The van der Waals surface area contributed by atoms with Crippen LogP contribution >= 0.6 is 0 Å². The Morgan fingerprint density at radius 3 is 2.55 bits per heavy atom. The average molecular weight is 403 g/mol. The van der Waals surface area contributed by atoms with Crippen molar-refractivity contribution in [1.29, 1.82) is 0 Å². The Hall–Kier alpha value is -2.90. The molecule has 0 aliphatic carbocycles. The summed E-state index contributed by atoms with van der Waals surface area (Å²) in [5.74, 6) is -1.06. The minimum atomic E-state index is -1.07. The normalized spacial score (nSPS) is 17.0. The first-order chi connectivity index (χ1) is 14.0. The molecule has 1 unspecified atom stereocenters. The number of hydrogen-bond donors (Lipinski definition) is 1. The third-order valence-electron chi connectivity index (χ3n) is 4.76. The van der Waals surface area contributed by atoms with Gasteiger partial charge in [0.2, 0.25) is 11.8 Å². The molecule has 1 atom stereocenters. The van der Waals surface area contributed by atoms with Gasteiger partial charge in [0.1, 0.15) is 0 Å². The van der Waals surface area contributed by atoms with E-state index in [1.54, 1.807) is 26.4 Å². The van der Waals surface area contributed by atoms with Crippen LogP contribution in [-0.4, -0.2) is 56.3 Å². The maximum absolute atomic E-state index is 12.7. The molecule has 8 heteroatoms. The molecule has 0 aromatic heterocycles. The number of amides is 4. The Balaban J connectivity index is 1.99. The Labute approximate surface area is 171 Å². The number of aliphatic imine (C=N–C) groups is 1.